The summed E-state index contributed by atoms with van der Waals surface area (Å²) in [4.78, 5) is 8.31. The number of hydrogen-bond acceptors (Lipinski definition) is 2. The standard InChI is InChI=1S/C6H4BClIN3/c7-4-2-12-5(11-4)3(9)1-10-6(12)8/h1-2H,7H2. The largest absolute Gasteiger partial charge is 0.274 e. The molecule has 0 spiro atoms. The topological polar surface area (TPSA) is 30.2 Å². The summed E-state index contributed by atoms with van der Waals surface area (Å²) in [6.45, 7) is 0. The van der Waals surface area contributed by atoms with Crippen molar-refractivity contribution in [3.05, 3.63) is 21.2 Å². The van der Waals surface area contributed by atoms with E-state index in [1.807, 2.05) is 14.0 Å². The summed E-state index contributed by atoms with van der Waals surface area (Å²) in [7, 11) is 1.93. The number of fused-ring (bicyclic) bond motifs is 1. The molecular weight excluding hydrogens is 287 g/mol. The van der Waals surface area contributed by atoms with E-state index in [0.717, 1.165) is 14.8 Å². The Bertz CT molecular complexity index is 403. The molecule has 2 aromatic heterocycles. The third-order valence-electron chi connectivity index (χ3n) is 1.52. The Balaban J connectivity index is 2.93. The summed E-state index contributed by atoms with van der Waals surface area (Å²) < 4.78 is 2.78. The fraction of sp³-hybridized carbons (Fsp3) is 0. The van der Waals surface area contributed by atoms with Crippen molar-refractivity contribution in [3.8, 4) is 0 Å². The molecule has 0 fully saturated rings. The van der Waals surface area contributed by atoms with Gasteiger partial charge in [0, 0.05) is 18.0 Å². The Hall–Kier alpha value is -0.295. The third kappa shape index (κ3) is 1.20. The van der Waals surface area contributed by atoms with Gasteiger partial charge in [0.25, 0.3) is 0 Å². The van der Waals surface area contributed by atoms with Gasteiger partial charge in [-0.25, -0.2) is 9.97 Å². The van der Waals surface area contributed by atoms with Crippen LogP contribution in [0, 0.1) is 3.57 Å². The normalized spacial score (nSPS) is 10.8. The lowest BCUT2D eigenvalue weighted by Gasteiger charge is -1.96. The van der Waals surface area contributed by atoms with Crippen LogP contribution in [0.25, 0.3) is 5.65 Å². The van der Waals surface area contributed by atoms with E-state index in [4.69, 9.17) is 11.6 Å². The summed E-state index contributed by atoms with van der Waals surface area (Å²) in [6.07, 6.45) is 3.58. The maximum absolute atomic E-state index is 5.85. The molecule has 12 heavy (non-hydrogen) atoms. The zero-order chi connectivity index (χ0) is 8.72. The van der Waals surface area contributed by atoms with Gasteiger partial charge >= 0.3 is 0 Å². The highest BCUT2D eigenvalue weighted by atomic mass is 127. The van der Waals surface area contributed by atoms with E-state index in [2.05, 4.69) is 32.6 Å². The van der Waals surface area contributed by atoms with E-state index in [1.54, 1.807) is 10.6 Å². The van der Waals surface area contributed by atoms with Gasteiger partial charge in [-0.15, -0.1) is 0 Å². The molecule has 0 N–H and O–H groups in total. The lowest BCUT2D eigenvalue weighted by atomic mass is 10.1. The summed E-state index contributed by atoms with van der Waals surface area (Å²) in [5.41, 5.74) is 1.82. The van der Waals surface area contributed by atoms with Gasteiger partial charge in [0.2, 0.25) is 5.28 Å². The number of halogens is 2. The molecule has 0 radical (unpaired) electrons. The molecule has 0 saturated heterocycles. The highest BCUT2D eigenvalue weighted by Gasteiger charge is 2.05. The van der Waals surface area contributed by atoms with E-state index >= 15 is 0 Å². The second-order valence-electron chi connectivity index (χ2n) is 2.45. The molecule has 0 atom stereocenters. The van der Waals surface area contributed by atoms with Gasteiger partial charge in [-0.1, -0.05) is 0 Å². The molecule has 2 heterocycles. The molecule has 0 bridgehead atoms. The molecule has 0 unspecified atom stereocenters. The molecule has 2 rings (SSSR count). The quantitative estimate of drug-likeness (QED) is 0.396. The summed E-state index contributed by atoms with van der Waals surface area (Å²) in [5, 5.41) is 0.450. The summed E-state index contributed by atoms with van der Waals surface area (Å²) in [6, 6.07) is 0. The monoisotopic (exact) mass is 291 g/mol. The predicted octanol–water partition coefficient (Wildman–Crippen LogP) is 0.246. The van der Waals surface area contributed by atoms with Gasteiger partial charge in [-0.05, 0) is 34.2 Å². The first-order chi connectivity index (χ1) is 5.68. The first kappa shape index (κ1) is 8.31. The van der Waals surface area contributed by atoms with Crippen LogP contribution in [0.2, 0.25) is 5.28 Å². The van der Waals surface area contributed by atoms with E-state index in [1.165, 1.54) is 0 Å². The number of rotatable bonds is 0. The Morgan fingerprint density at radius 1 is 1.58 bits per heavy atom. The molecule has 0 aliphatic rings. The van der Waals surface area contributed by atoms with Crippen molar-refractivity contribution in [2.75, 3.05) is 0 Å². The maximum Gasteiger partial charge on any atom is 0.208 e. The Morgan fingerprint density at radius 2 is 2.33 bits per heavy atom. The van der Waals surface area contributed by atoms with Crippen molar-refractivity contribution in [1.82, 2.24) is 14.4 Å². The van der Waals surface area contributed by atoms with Crippen molar-refractivity contribution in [2.24, 2.45) is 0 Å². The minimum Gasteiger partial charge on any atom is -0.274 e. The molecule has 60 valence electrons. The number of hydrogen-bond donors (Lipinski definition) is 0. The van der Waals surface area contributed by atoms with Crippen molar-refractivity contribution >= 4 is 53.3 Å². The first-order valence-corrected chi connectivity index (χ1v) is 4.80. The molecule has 0 amide bonds. The van der Waals surface area contributed by atoms with Crippen molar-refractivity contribution in [1.29, 1.82) is 0 Å². The zero-order valence-electron chi connectivity index (χ0n) is 6.25. The minimum absolute atomic E-state index is 0.450. The zero-order valence-corrected chi connectivity index (χ0v) is 9.17. The number of nitrogens with zero attached hydrogens (tertiary/aromatic N) is 3. The number of aromatic nitrogens is 3. The second-order valence-corrected chi connectivity index (χ2v) is 3.95. The van der Waals surface area contributed by atoms with Crippen LogP contribution in [0.15, 0.2) is 12.4 Å². The van der Waals surface area contributed by atoms with Crippen molar-refractivity contribution < 1.29 is 0 Å². The minimum atomic E-state index is 0.450. The molecule has 0 saturated carbocycles. The van der Waals surface area contributed by atoms with Crippen LogP contribution in [0.1, 0.15) is 0 Å². The highest BCUT2D eigenvalue weighted by Crippen LogP contribution is 2.13. The van der Waals surface area contributed by atoms with Crippen LogP contribution in [0.3, 0.4) is 0 Å². The van der Waals surface area contributed by atoms with E-state index in [-0.39, 0.29) is 0 Å². The van der Waals surface area contributed by atoms with Gasteiger partial charge in [0.15, 0.2) is 13.5 Å². The number of imidazole rings is 1. The molecule has 3 nitrogen and oxygen atoms in total. The van der Waals surface area contributed by atoms with E-state index in [0.29, 0.717) is 5.28 Å². The van der Waals surface area contributed by atoms with Crippen LogP contribution in [-0.4, -0.2) is 22.2 Å². The third-order valence-corrected chi connectivity index (χ3v) is 2.56. The Kier molecular flexibility index (Phi) is 2.00. The average molecular weight is 291 g/mol. The molecule has 6 heteroatoms. The Morgan fingerprint density at radius 3 is 3.00 bits per heavy atom. The lowest BCUT2D eigenvalue weighted by molar-refractivity contribution is 1.08. The van der Waals surface area contributed by atoms with Crippen molar-refractivity contribution in [3.63, 3.8) is 0 Å². The van der Waals surface area contributed by atoms with E-state index in [9.17, 15) is 0 Å². The van der Waals surface area contributed by atoms with Crippen LogP contribution >= 0.6 is 34.2 Å². The SMILES string of the molecule is Bc1cn2c(Cl)ncc(I)c2n1. The maximum atomic E-state index is 5.85. The van der Waals surface area contributed by atoms with E-state index < -0.39 is 0 Å². The van der Waals surface area contributed by atoms with Gasteiger partial charge < -0.3 is 0 Å². The molecular formula is C6H4BClIN3. The molecule has 2 aromatic rings. The van der Waals surface area contributed by atoms with Gasteiger partial charge in [-0.2, -0.15) is 0 Å². The fourth-order valence-corrected chi connectivity index (χ4v) is 1.73. The van der Waals surface area contributed by atoms with Gasteiger partial charge in [0.05, 0.1) is 3.57 Å². The lowest BCUT2D eigenvalue weighted by Crippen LogP contribution is -2.00. The van der Waals surface area contributed by atoms with Crippen molar-refractivity contribution in [2.45, 2.75) is 0 Å². The van der Waals surface area contributed by atoms with Gasteiger partial charge in [-0.3, -0.25) is 4.40 Å². The van der Waals surface area contributed by atoms with Gasteiger partial charge in [0.1, 0.15) is 0 Å². The smallest absolute Gasteiger partial charge is 0.208 e. The van der Waals surface area contributed by atoms with Crippen LogP contribution in [-0.2, 0) is 0 Å². The average Bonchev–Trinajstić information content (AvgIpc) is 2.41. The fourth-order valence-electron chi connectivity index (χ4n) is 1.04. The highest BCUT2D eigenvalue weighted by molar-refractivity contribution is 14.1. The predicted molar refractivity (Wildman–Crippen MR) is 58.9 cm³/mol. The molecule has 0 aliphatic carbocycles. The summed E-state index contributed by atoms with van der Waals surface area (Å²) >= 11 is 8.03. The molecule has 0 aliphatic heterocycles. The first-order valence-electron chi connectivity index (χ1n) is 3.34. The van der Waals surface area contributed by atoms with Crippen LogP contribution < -0.4 is 5.59 Å². The molecule has 0 aromatic carbocycles. The summed E-state index contributed by atoms with van der Waals surface area (Å²) in [5.74, 6) is 0. The van der Waals surface area contributed by atoms with Crippen LogP contribution in [0.4, 0.5) is 0 Å². The second kappa shape index (κ2) is 2.88. The Labute approximate surface area is 88.7 Å². The van der Waals surface area contributed by atoms with Crippen LogP contribution in [0.5, 0.6) is 0 Å².